The van der Waals surface area contributed by atoms with Crippen molar-refractivity contribution in [3.05, 3.63) is 53.6 Å². The molecule has 0 aliphatic rings. The molecule has 0 aliphatic heterocycles. The van der Waals surface area contributed by atoms with Crippen LogP contribution >= 0.6 is 11.8 Å². The van der Waals surface area contributed by atoms with E-state index in [2.05, 4.69) is 10.6 Å². The summed E-state index contributed by atoms with van der Waals surface area (Å²) in [6.07, 6.45) is 0. The summed E-state index contributed by atoms with van der Waals surface area (Å²) < 4.78 is 26.6. The second kappa shape index (κ2) is 8.57. The molecule has 0 aromatic heterocycles. The van der Waals surface area contributed by atoms with Crippen molar-refractivity contribution in [2.45, 2.75) is 18.7 Å². The maximum Gasteiger partial charge on any atom is 0.221 e. The maximum atomic E-state index is 13.7. The van der Waals surface area contributed by atoms with Gasteiger partial charge in [0, 0.05) is 36.1 Å². The molecule has 2 aromatic rings. The zero-order valence-electron chi connectivity index (χ0n) is 14.1. The second-order valence-electron chi connectivity index (χ2n) is 5.41. The van der Waals surface area contributed by atoms with E-state index in [4.69, 9.17) is 0 Å². The Kier molecular flexibility index (Phi) is 6.46. The zero-order valence-corrected chi connectivity index (χ0v) is 14.9. The summed E-state index contributed by atoms with van der Waals surface area (Å²) in [5.74, 6) is -2.56. The smallest absolute Gasteiger partial charge is 0.221 e. The number of benzene rings is 2. The normalized spacial score (nSPS) is 10.3. The lowest BCUT2D eigenvalue weighted by atomic mass is 10.1. The maximum absolute atomic E-state index is 13.7. The van der Waals surface area contributed by atoms with E-state index in [1.165, 1.54) is 38.1 Å². The Bertz CT molecular complexity index is 872. The number of anilines is 2. The van der Waals surface area contributed by atoms with Gasteiger partial charge in [-0.3, -0.25) is 14.4 Å². The minimum atomic E-state index is -0.745. The van der Waals surface area contributed by atoms with Gasteiger partial charge in [0.15, 0.2) is 5.78 Å². The van der Waals surface area contributed by atoms with Crippen LogP contribution in [0.1, 0.15) is 24.2 Å². The van der Waals surface area contributed by atoms with Crippen LogP contribution in [0.2, 0.25) is 0 Å². The van der Waals surface area contributed by atoms with Crippen LogP contribution in [0.15, 0.2) is 41.3 Å². The molecule has 0 bridgehead atoms. The van der Waals surface area contributed by atoms with Gasteiger partial charge in [0.25, 0.3) is 0 Å². The molecule has 2 rings (SSSR count). The first-order valence-corrected chi connectivity index (χ1v) is 8.55. The summed E-state index contributed by atoms with van der Waals surface area (Å²) in [7, 11) is 0. The first kappa shape index (κ1) is 19.6. The third-order valence-electron chi connectivity index (χ3n) is 3.20. The number of nitrogens with one attached hydrogen (secondary N) is 2. The van der Waals surface area contributed by atoms with Crippen molar-refractivity contribution >= 4 is 40.7 Å². The standard InChI is InChI=1S/C18H16F2N2O3S/c1-10(23)21-13-4-5-14(16(8-13)22-11(2)24)17(25)9-26-18-6-3-12(19)7-15(18)20/h3-8H,9H2,1-2H3,(H,21,23)(H,22,24). The molecule has 0 radical (unpaired) electrons. The number of halogens is 2. The molecular weight excluding hydrogens is 362 g/mol. The molecule has 0 atom stereocenters. The Hall–Kier alpha value is -2.74. The topological polar surface area (TPSA) is 75.3 Å². The number of carbonyl (C=O) groups is 3. The summed E-state index contributed by atoms with van der Waals surface area (Å²) in [4.78, 5) is 35.2. The molecule has 2 N–H and O–H groups in total. The number of amides is 2. The fourth-order valence-corrected chi connectivity index (χ4v) is 2.98. The third kappa shape index (κ3) is 5.38. The molecule has 0 spiro atoms. The van der Waals surface area contributed by atoms with E-state index in [0.717, 1.165) is 23.9 Å². The van der Waals surface area contributed by atoms with Gasteiger partial charge < -0.3 is 10.6 Å². The first-order chi connectivity index (χ1) is 12.3. The highest BCUT2D eigenvalue weighted by Crippen LogP contribution is 2.27. The highest BCUT2D eigenvalue weighted by molar-refractivity contribution is 8.00. The van der Waals surface area contributed by atoms with Gasteiger partial charge in [0.05, 0.1) is 11.4 Å². The molecule has 5 nitrogen and oxygen atoms in total. The van der Waals surface area contributed by atoms with Crippen molar-refractivity contribution in [2.75, 3.05) is 16.4 Å². The van der Waals surface area contributed by atoms with Gasteiger partial charge in [0.2, 0.25) is 11.8 Å². The SMILES string of the molecule is CC(=O)Nc1ccc(C(=O)CSc2ccc(F)cc2F)c(NC(C)=O)c1. The molecule has 136 valence electrons. The predicted octanol–water partition coefficient (Wildman–Crippen LogP) is 3.86. The molecule has 0 saturated carbocycles. The average Bonchev–Trinajstić information content (AvgIpc) is 2.53. The fourth-order valence-electron chi connectivity index (χ4n) is 2.17. The third-order valence-corrected chi connectivity index (χ3v) is 4.25. The van der Waals surface area contributed by atoms with Gasteiger partial charge in [-0.2, -0.15) is 0 Å². The Balaban J connectivity index is 2.20. The van der Waals surface area contributed by atoms with E-state index >= 15 is 0 Å². The summed E-state index contributed by atoms with van der Waals surface area (Å²) >= 11 is 0.927. The van der Waals surface area contributed by atoms with Crippen LogP contribution in [0.4, 0.5) is 20.2 Å². The Morgan fingerprint density at radius 1 is 0.962 bits per heavy atom. The van der Waals surface area contributed by atoms with Crippen LogP contribution in [0.5, 0.6) is 0 Å². The fraction of sp³-hybridized carbons (Fsp3) is 0.167. The second-order valence-corrected chi connectivity index (χ2v) is 6.43. The van der Waals surface area contributed by atoms with E-state index in [-0.39, 0.29) is 39.5 Å². The number of rotatable bonds is 6. The van der Waals surface area contributed by atoms with Crippen LogP contribution in [0.25, 0.3) is 0 Å². The summed E-state index contributed by atoms with van der Waals surface area (Å²) in [5.41, 5.74) is 0.897. The van der Waals surface area contributed by atoms with Crippen LogP contribution < -0.4 is 10.6 Å². The molecule has 2 amide bonds. The van der Waals surface area contributed by atoms with Crippen molar-refractivity contribution in [1.82, 2.24) is 0 Å². The lowest BCUT2D eigenvalue weighted by Crippen LogP contribution is -2.14. The summed E-state index contributed by atoms with van der Waals surface area (Å²) in [6.45, 7) is 2.63. The number of hydrogen-bond acceptors (Lipinski definition) is 4. The lowest BCUT2D eigenvalue weighted by Gasteiger charge is -2.12. The van der Waals surface area contributed by atoms with Gasteiger partial charge in [-0.05, 0) is 30.3 Å². The number of thioether (sulfide) groups is 1. The molecule has 8 heteroatoms. The lowest BCUT2D eigenvalue weighted by molar-refractivity contribution is -0.115. The van der Waals surface area contributed by atoms with Crippen LogP contribution in [0, 0.1) is 11.6 Å². The molecule has 26 heavy (non-hydrogen) atoms. The highest BCUT2D eigenvalue weighted by atomic mass is 32.2. The van der Waals surface area contributed by atoms with Crippen molar-refractivity contribution in [3.63, 3.8) is 0 Å². The van der Waals surface area contributed by atoms with Crippen LogP contribution in [0.3, 0.4) is 0 Å². The van der Waals surface area contributed by atoms with Crippen molar-refractivity contribution < 1.29 is 23.2 Å². The van der Waals surface area contributed by atoms with Gasteiger partial charge >= 0.3 is 0 Å². The largest absolute Gasteiger partial charge is 0.326 e. The van der Waals surface area contributed by atoms with Crippen molar-refractivity contribution in [2.24, 2.45) is 0 Å². The molecule has 0 aliphatic carbocycles. The monoisotopic (exact) mass is 378 g/mol. The number of Topliss-reactive ketones (excluding diaryl/α,β-unsaturated/α-hetero) is 1. The molecule has 0 saturated heterocycles. The minimum Gasteiger partial charge on any atom is -0.326 e. The predicted molar refractivity (Wildman–Crippen MR) is 96.5 cm³/mol. The average molecular weight is 378 g/mol. The van der Waals surface area contributed by atoms with E-state index in [1.807, 2.05) is 0 Å². The molecule has 2 aromatic carbocycles. The van der Waals surface area contributed by atoms with E-state index in [0.29, 0.717) is 5.69 Å². The summed E-state index contributed by atoms with van der Waals surface area (Å²) in [6, 6.07) is 7.60. The van der Waals surface area contributed by atoms with E-state index in [9.17, 15) is 23.2 Å². The van der Waals surface area contributed by atoms with Crippen molar-refractivity contribution in [3.8, 4) is 0 Å². The van der Waals surface area contributed by atoms with Gasteiger partial charge in [-0.25, -0.2) is 8.78 Å². The van der Waals surface area contributed by atoms with Gasteiger partial charge in [-0.15, -0.1) is 11.8 Å². The van der Waals surface area contributed by atoms with Crippen LogP contribution in [-0.4, -0.2) is 23.4 Å². The number of carbonyl (C=O) groups excluding carboxylic acids is 3. The molecular formula is C18H16F2N2O3S. The molecule has 0 unspecified atom stereocenters. The number of ketones is 1. The zero-order chi connectivity index (χ0) is 19.3. The molecule has 0 fully saturated rings. The highest BCUT2D eigenvalue weighted by Gasteiger charge is 2.15. The van der Waals surface area contributed by atoms with E-state index in [1.54, 1.807) is 0 Å². The van der Waals surface area contributed by atoms with Gasteiger partial charge in [-0.1, -0.05) is 0 Å². The molecule has 0 heterocycles. The van der Waals surface area contributed by atoms with Gasteiger partial charge in [0.1, 0.15) is 11.6 Å². The Morgan fingerprint density at radius 2 is 1.65 bits per heavy atom. The number of hydrogen-bond donors (Lipinski definition) is 2. The first-order valence-electron chi connectivity index (χ1n) is 7.56. The van der Waals surface area contributed by atoms with E-state index < -0.39 is 11.6 Å². The summed E-state index contributed by atoms with van der Waals surface area (Å²) in [5, 5.41) is 5.10. The minimum absolute atomic E-state index is 0.103. The van der Waals surface area contributed by atoms with Crippen molar-refractivity contribution in [1.29, 1.82) is 0 Å². The Morgan fingerprint density at radius 3 is 2.27 bits per heavy atom. The quantitative estimate of drug-likeness (QED) is 0.591. The Labute approximate surface area is 153 Å². The van der Waals surface area contributed by atoms with Crippen LogP contribution in [-0.2, 0) is 9.59 Å².